The SMILES string of the molecule is CC(C)OC(=O)NC(C)(C)C#N. The van der Waals surface area contributed by atoms with E-state index in [4.69, 9.17) is 10.00 Å². The Morgan fingerprint density at radius 2 is 2.08 bits per heavy atom. The third kappa shape index (κ3) is 4.56. The first-order valence-corrected chi connectivity index (χ1v) is 3.77. The highest BCUT2D eigenvalue weighted by molar-refractivity contribution is 5.68. The minimum Gasteiger partial charge on any atom is -0.447 e. The van der Waals surface area contributed by atoms with E-state index in [1.807, 2.05) is 6.07 Å². The van der Waals surface area contributed by atoms with Crippen molar-refractivity contribution in [1.82, 2.24) is 5.32 Å². The van der Waals surface area contributed by atoms with Crippen LogP contribution in [0.15, 0.2) is 0 Å². The number of alkyl carbamates (subject to hydrolysis) is 1. The first-order valence-electron chi connectivity index (χ1n) is 3.77. The van der Waals surface area contributed by atoms with Gasteiger partial charge in [-0.25, -0.2) is 4.79 Å². The minimum atomic E-state index is -0.869. The van der Waals surface area contributed by atoms with E-state index in [9.17, 15) is 4.79 Å². The van der Waals surface area contributed by atoms with Crippen LogP contribution in [0.1, 0.15) is 27.7 Å². The molecule has 0 rings (SSSR count). The van der Waals surface area contributed by atoms with Crippen LogP contribution in [0.4, 0.5) is 4.79 Å². The van der Waals surface area contributed by atoms with Gasteiger partial charge in [0.05, 0.1) is 12.2 Å². The Kier molecular flexibility index (Phi) is 3.55. The van der Waals surface area contributed by atoms with E-state index in [2.05, 4.69) is 5.32 Å². The summed E-state index contributed by atoms with van der Waals surface area (Å²) < 4.78 is 4.79. The highest BCUT2D eigenvalue weighted by atomic mass is 16.6. The smallest absolute Gasteiger partial charge is 0.408 e. The van der Waals surface area contributed by atoms with Gasteiger partial charge in [-0.3, -0.25) is 0 Å². The van der Waals surface area contributed by atoms with Crippen LogP contribution < -0.4 is 5.32 Å². The van der Waals surface area contributed by atoms with Crippen LogP contribution in [0, 0.1) is 11.3 Å². The summed E-state index contributed by atoms with van der Waals surface area (Å²) in [5.74, 6) is 0. The van der Waals surface area contributed by atoms with Gasteiger partial charge in [-0.15, -0.1) is 0 Å². The largest absolute Gasteiger partial charge is 0.447 e. The maximum Gasteiger partial charge on any atom is 0.408 e. The lowest BCUT2D eigenvalue weighted by molar-refractivity contribution is 0.110. The molecule has 1 amide bonds. The third-order valence-electron chi connectivity index (χ3n) is 1.04. The molecule has 0 radical (unpaired) electrons. The summed E-state index contributed by atoms with van der Waals surface area (Å²) in [4.78, 5) is 10.9. The van der Waals surface area contributed by atoms with Crippen LogP contribution in [0.3, 0.4) is 0 Å². The van der Waals surface area contributed by atoms with Crippen molar-refractivity contribution in [3.05, 3.63) is 0 Å². The minimum absolute atomic E-state index is 0.167. The Hall–Kier alpha value is -1.24. The van der Waals surface area contributed by atoms with E-state index in [0.717, 1.165) is 0 Å². The average Bonchev–Trinajstić information content (AvgIpc) is 1.84. The summed E-state index contributed by atoms with van der Waals surface area (Å²) in [6.07, 6.45) is -0.726. The van der Waals surface area contributed by atoms with Gasteiger partial charge in [0.2, 0.25) is 0 Å². The van der Waals surface area contributed by atoms with Gasteiger partial charge < -0.3 is 10.1 Å². The number of nitrogens with zero attached hydrogens (tertiary/aromatic N) is 1. The number of nitrogens with one attached hydrogen (secondary N) is 1. The number of carbonyl (C=O) groups is 1. The van der Waals surface area contributed by atoms with Gasteiger partial charge in [0.1, 0.15) is 5.54 Å². The summed E-state index contributed by atoms with van der Waals surface area (Å²) in [7, 11) is 0. The second-order valence-electron chi connectivity index (χ2n) is 3.32. The number of amides is 1. The highest BCUT2D eigenvalue weighted by Gasteiger charge is 2.20. The lowest BCUT2D eigenvalue weighted by atomic mass is 10.1. The van der Waals surface area contributed by atoms with E-state index in [1.165, 1.54) is 0 Å². The summed E-state index contributed by atoms with van der Waals surface area (Å²) in [6, 6.07) is 1.93. The lowest BCUT2D eigenvalue weighted by Gasteiger charge is -2.18. The summed E-state index contributed by atoms with van der Waals surface area (Å²) in [6.45, 7) is 6.71. The number of hydrogen-bond acceptors (Lipinski definition) is 3. The molecule has 4 heteroatoms. The Morgan fingerprint density at radius 1 is 1.58 bits per heavy atom. The molecule has 0 unspecified atom stereocenters. The van der Waals surface area contributed by atoms with Gasteiger partial charge >= 0.3 is 6.09 Å². The molecule has 0 aromatic rings. The quantitative estimate of drug-likeness (QED) is 0.681. The Morgan fingerprint density at radius 3 is 2.42 bits per heavy atom. The second kappa shape index (κ2) is 3.96. The van der Waals surface area contributed by atoms with Gasteiger partial charge in [-0.05, 0) is 27.7 Å². The van der Waals surface area contributed by atoms with Crippen molar-refractivity contribution in [2.45, 2.75) is 39.3 Å². The zero-order chi connectivity index (χ0) is 9.78. The van der Waals surface area contributed by atoms with E-state index in [0.29, 0.717) is 0 Å². The van der Waals surface area contributed by atoms with Gasteiger partial charge in [-0.1, -0.05) is 0 Å². The van der Waals surface area contributed by atoms with Gasteiger partial charge in [0.25, 0.3) is 0 Å². The van der Waals surface area contributed by atoms with Crippen LogP contribution in [0.25, 0.3) is 0 Å². The zero-order valence-corrected chi connectivity index (χ0v) is 7.84. The van der Waals surface area contributed by atoms with Crippen molar-refractivity contribution in [1.29, 1.82) is 5.26 Å². The molecule has 12 heavy (non-hydrogen) atoms. The fourth-order valence-corrected chi connectivity index (χ4v) is 0.527. The predicted molar refractivity (Wildman–Crippen MR) is 44.4 cm³/mol. The monoisotopic (exact) mass is 170 g/mol. The van der Waals surface area contributed by atoms with Crippen LogP contribution in [0.2, 0.25) is 0 Å². The summed E-state index contributed by atoms with van der Waals surface area (Å²) >= 11 is 0. The Balaban J connectivity index is 3.95. The van der Waals surface area contributed by atoms with Gasteiger partial charge in [0.15, 0.2) is 0 Å². The molecule has 0 aromatic heterocycles. The van der Waals surface area contributed by atoms with E-state index >= 15 is 0 Å². The summed E-state index contributed by atoms with van der Waals surface area (Å²) in [5.41, 5.74) is -0.869. The molecule has 0 fully saturated rings. The van der Waals surface area contributed by atoms with Crippen LogP contribution in [-0.4, -0.2) is 17.7 Å². The molecule has 0 heterocycles. The molecule has 0 atom stereocenters. The molecule has 0 spiro atoms. The standard InChI is InChI=1S/C8H14N2O2/c1-6(2)12-7(11)10-8(3,4)5-9/h6H,1-4H3,(H,10,11). The second-order valence-corrected chi connectivity index (χ2v) is 3.32. The maximum absolute atomic E-state index is 10.9. The first-order chi connectivity index (χ1) is 5.37. The molecular formula is C8H14N2O2. The van der Waals surface area contributed by atoms with Crippen molar-refractivity contribution in [3.63, 3.8) is 0 Å². The molecule has 1 N–H and O–H groups in total. The molecule has 4 nitrogen and oxygen atoms in total. The normalized spacial score (nSPS) is 10.7. The fourth-order valence-electron chi connectivity index (χ4n) is 0.527. The molecule has 0 aromatic carbocycles. The average molecular weight is 170 g/mol. The number of nitriles is 1. The van der Waals surface area contributed by atoms with E-state index in [1.54, 1.807) is 27.7 Å². The van der Waals surface area contributed by atoms with Crippen molar-refractivity contribution in [3.8, 4) is 6.07 Å². The van der Waals surface area contributed by atoms with Crippen molar-refractivity contribution >= 4 is 6.09 Å². The third-order valence-corrected chi connectivity index (χ3v) is 1.04. The molecular weight excluding hydrogens is 156 g/mol. The van der Waals surface area contributed by atoms with E-state index < -0.39 is 11.6 Å². The van der Waals surface area contributed by atoms with Gasteiger partial charge in [0, 0.05) is 0 Å². The number of ether oxygens (including phenoxy) is 1. The zero-order valence-electron chi connectivity index (χ0n) is 7.84. The predicted octanol–water partition coefficient (Wildman–Crippen LogP) is 1.42. The van der Waals surface area contributed by atoms with Crippen LogP contribution >= 0.6 is 0 Å². The van der Waals surface area contributed by atoms with E-state index in [-0.39, 0.29) is 6.10 Å². The molecule has 0 aliphatic carbocycles. The highest BCUT2D eigenvalue weighted by Crippen LogP contribution is 2.00. The molecule has 0 saturated heterocycles. The lowest BCUT2D eigenvalue weighted by Crippen LogP contribution is -2.43. The molecule has 68 valence electrons. The molecule has 0 saturated carbocycles. The number of carbonyl (C=O) groups excluding carboxylic acids is 1. The molecule has 0 bridgehead atoms. The first kappa shape index (κ1) is 10.8. The number of hydrogen-bond donors (Lipinski definition) is 1. The van der Waals surface area contributed by atoms with Crippen LogP contribution in [-0.2, 0) is 4.74 Å². The Labute approximate surface area is 72.5 Å². The van der Waals surface area contributed by atoms with Crippen molar-refractivity contribution in [2.75, 3.05) is 0 Å². The summed E-state index contributed by atoms with van der Waals surface area (Å²) in [5, 5.41) is 11.0. The topological polar surface area (TPSA) is 62.1 Å². The van der Waals surface area contributed by atoms with Crippen LogP contribution in [0.5, 0.6) is 0 Å². The molecule has 0 aliphatic heterocycles. The van der Waals surface area contributed by atoms with Gasteiger partial charge in [-0.2, -0.15) is 5.26 Å². The Bertz CT molecular complexity index is 204. The number of rotatable bonds is 2. The molecule has 0 aliphatic rings. The van der Waals surface area contributed by atoms with Crippen molar-refractivity contribution < 1.29 is 9.53 Å². The van der Waals surface area contributed by atoms with Crippen molar-refractivity contribution in [2.24, 2.45) is 0 Å². The maximum atomic E-state index is 10.9. The fraction of sp³-hybridized carbons (Fsp3) is 0.750.